The maximum Gasteiger partial charge on any atom is 0.282 e. The van der Waals surface area contributed by atoms with Crippen molar-refractivity contribution in [2.24, 2.45) is 0 Å². The van der Waals surface area contributed by atoms with Crippen molar-refractivity contribution in [3.63, 3.8) is 0 Å². The number of amides is 1. The minimum Gasteiger partial charge on any atom is -0.497 e. The summed E-state index contributed by atoms with van der Waals surface area (Å²) in [7, 11) is 3.39. The van der Waals surface area contributed by atoms with Crippen LogP contribution in [0.3, 0.4) is 0 Å². The zero-order chi connectivity index (χ0) is 20.8. The fraction of sp³-hybridized carbons (Fsp3) is 0.435. The molecular weight excluding hydrogens is 366 g/mol. The molecule has 0 bridgehead atoms. The minimum absolute atomic E-state index is 0.0671. The molecule has 0 spiro atoms. The molecule has 1 fully saturated rings. The maximum atomic E-state index is 12.7. The molecule has 1 aliphatic heterocycles. The van der Waals surface area contributed by atoms with Gasteiger partial charge in [0.15, 0.2) is 6.04 Å². The number of methoxy groups -OCH3 is 2. The topological polar surface area (TPSA) is 56.4 Å². The first-order valence-corrected chi connectivity index (χ1v) is 10.3. The molecule has 0 aliphatic carbocycles. The van der Waals surface area contributed by atoms with E-state index in [1.54, 1.807) is 14.2 Å². The van der Waals surface area contributed by atoms with Gasteiger partial charge in [-0.25, -0.2) is 0 Å². The standard InChI is InChI=1S/C23H31N3O3/c1-17-7-5-6-8-21(17)24-23(27)18(2)26-13-11-25(12-14-26)16-19-15-20(28-3)9-10-22(19)29-4/h5-10,15,18H,11-14,16H2,1-4H3,(H,24,27)/p+2/t18-/m0/s1. The van der Waals surface area contributed by atoms with Crippen LogP contribution < -0.4 is 24.6 Å². The lowest BCUT2D eigenvalue weighted by Crippen LogP contribution is -3.29. The number of nitrogens with one attached hydrogen (secondary N) is 3. The van der Waals surface area contributed by atoms with Crippen LogP contribution in [0.25, 0.3) is 0 Å². The number of ether oxygens (including phenoxy) is 2. The van der Waals surface area contributed by atoms with E-state index in [0.29, 0.717) is 0 Å². The molecule has 6 nitrogen and oxygen atoms in total. The fourth-order valence-electron chi connectivity index (χ4n) is 3.96. The van der Waals surface area contributed by atoms with Crippen LogP contribution in [0.5, 0.6) is 11.5 Å². The highest BCUT2D eigenvalue weighted by molar-refractivity contribution is 5.94. The smallest absolute Gasteiger partial charge is 0.282 e. The highest BCUT2D eigenvalue weighted by Crippen LogP contribution is 2.23. The van der Waals surface area contributed by atoms with Gasteiger partial charge in [-0.1, -0.05) is 18.2 Å². The number of benzene rings is 2. The van der Waals surface area contributed by atoms with Gasteiger partial charge in [0.1, 0.15) is 44.2 Å². The summed E-state index contributed by atoms with van der Waals surface area (Å²) in [6, 6.07) is 13.8. The average Bonchev–Trinajstić information content (AvgIpc) is 2.75. The first kappa shape index (κ1) is 21.1. The highest BCUT2D eigenvalue weighted by Gasteiger charge is 2.31. The van der Waals surface area contributed by atoms with Gasteiger partial charge in [-0.15, -0.1) is 0 Å². The third-order valence-electron chi connectivity index (χ3n) is 5.94. The van der Waals surface area contributed by atoms with Crippen LogP contribution in [0, 0.1) is 6.92 Å². The van der Waals surface area contributed by atoms with Crippen LogP contribution in [0.1, 0.15) is 18.1 Å². The Morgan fingerprint density at radius 3 is 2.45 bits per heavy atom. The van der Waals surface area contributed by atoms with Gasteiger partial charge in [0.05, 0.1) is 19.8 Å². The maximum absolute atomic E-state index is 12.7. The van der Waals surface area contributed by atoms with Crippen molar-refractivity contribution < 1.29 is 24.1 Å². The second-order valence-corrected chi connectivity index (χ2v) is 7.79. The molecule has 0 radical (unpaired) electrons. The van der Waals surface area contributed by atoms with Crippen molar-refractivity contribution >= 4 is 11.6 Å². The van der Waals surface area contributed by atoms with E-state index in [0.717, 1.165) is 61.0 Å². The number of hydrogen-bond donors (Lipinski definition) is 3. The molecule has 1 heterocycles. The molecule has 3 rings (SSSR count). The van der Waals surface area contributed by atoms with Gasteiger partial charge in [-0.3, -0.25) is 4.79 Å². The van der Waals surface area contributed by atoms with Crippen LogP contribution in [0.4, 0.5) is 5.69 Å². The molecule has 156 valence electrons. The normalized spacial score (nSPS) is 20.0. The van der Waals surface area contributed by atoms with Crippen LogP contribution >= 0.6 is 0 Å². The quantitative estimate of drug-likeness (QED) is 0.629. The summed E-state index contributed by atoms with van der Waals surface area (Å²) in [6.07, 6.45) is 0. The van der Waals surface area contributed by atoms with Crippen molar-refractivity contribution in [2.75, 3.05) is 45.7 Å². The second kappa shape index (κ2) is 9.76. The molecule has 0 unspecified atom stereocenters. The van der Waals surface area contributed by atoms with Gasteiger partial charge in [0.25, 0.3) is 5.91 Å². The zero-order valence-corrected chi connectivity index (χ0v) is 17.9. The Hall–Kier alpha value is -2.57. The second-order valence-electron chi connectivity index (χ2n) is 7.79. The monoisotopic (exact) mass is 399 g/mol. The molecular formula is C23H33N3O3+2. The van der Waals surface area contributed by atoms with Gasteiger partial charge in [0, 0.05) is 5.69 Å². The number of para-hydroxylation sites is 1. The lowest BCUT2D eigenvalue weighted by atomic mass is 10.1. The molecule has 1 aliphatic rings. The summed E-state index contributed by atoms with van der Waals surface area (Å²) in [6.45, 7) is 8.95. The molecule has 3 N–H and O–H groups in total. The summed E-state index contributed by atoms with van der Waals surface area (Å²) in [5.74, 6) is 1.84. The molecule has 1 saturated heterocycles. The minimum atomic E-state index is -0.0671. The van der Waals surface area contributed by atoms with Crippen LogP contribution in [0.2, 0.25) is 0 Å². The van der Waals surface area contributed by atoms with E-state index in [2.05, 4.69) is 11.4 Å². The number of quaternary nitrogens is 2. The molecule has 6 heteroatoms. The van der Waals surface area contributed by atoms with E-state index in [1.807, 2.05) is 50.2 Å². The Morgan fingerprint density at radius 1 is 1.07 bits per heavy atom. The third-order valence-corrected chi connectivity index (χ3v) is 5.94. The zero-order valence-electron chi connectivity index (χ0n) is 17.9. The van der Waals surface area contributed by atoms with E-state index >= 15 is 0 Å². The van der Waals surface area contributed by atoms with E-state index in [9.17, 15) is 4.79 Å². The fourth-order valence-corrected chi connectivity index (χ4v) is 3.96. The third kappa shape index (κ3) is 5.28. The van der Waals surface area contributed by atoms with E-state index in [-0.39, 0.29) is 11.9 Å². The van der Waals surface area contributed by atoms with Gasteiger partial charge < -0.3 is 24.6 Å². The summed E-state index contributed by atoms with van der Waals surface area (Å²) in [4.78, 5) is 15.6. The molecule has 29 heavy (non-hydrogen) atoms. The van der Waals surface area contributed by atoms with E-state index < -0.39 is 0 Å². The van der Waals surface area contributed by atoms with Gasteiger partial charge >= 0.3 is 0 Å². The molecule has 2 aromatic rings. The lowest BCUT2D eigenvalue weighted by Gasteiger charge is -2.33. The van der Waals surface area contributed by atoms with Gasteiger partial charge in [0.2, 0.25) is 0 Å². The number of piperazine rings is 1. The Kier molecular flexibility index (Phi) is 7.12. The van der Waals surface area contributed by atoms with Crippen LogP contribution in [0.15, 0.2) is 42.5 Å². The lowest BCUT2D eigenvalue weighted by molar-refractivity contribution is -1.02. The summed E-state index contributed by atoms with van der Waals surface area (Å²) in [5, 5.41) is 3.09. The molecule has 2 aromatic carbocycles. The number of carbonyl (C=O) groups excluding carboxylic acids is 1. The number of aryl methyl sites for hydroxylation is 1. The van der Waals surface area contributed by atoms with E-state index in [1.165, 1.54) is 9.80 Å². The Labute approximate surface area is 173 Å². The number of hydrogen-bond acceptors (Lipinski definition) is 3. The number of anilines is 1. The number of rotatable bonds is 7. The summed E-state index contributed by atoms with van der Waals surface area (Å²) >= 11 is 0. The van der Waals surface area contributed by atoms with Crippen LogP contribution in [-0.2, 0) is 11.3 Å². The van der Waals surface area contributed by atoms with Crippen molar-refractivity contribution in [1.82, 2.24) is 0 Å². The van der Waals surface area contributed by atoms with Crippen molar-refractivity contribution in [2.45, 2.75) is 26.4 Å². The first-order valence-electron chi connectivity index (χ1n) is 10.3. The molecule has 0 aromatic heterocycles. The predicted octanol–water partition coefficient (Wildman–Crippen LogP) is 0.323. The molecule has 0 saturated carbocycles. The van der Waals surface area contributed by atoms with Gasteiger partial charge in [-0.2, -0.15) is 0 Å². The Morgan fingerprint density at radius 2 is 1.79 bits per heavy atom. The van der Waals surface area contributed by atoms with Gasteiger partial charge in [-0.05, 0) is 43.7 Å². The summed E-state index contributed by atoms with van der Waals surface area (Å²) < 4.78 is 10.9. The van der Waals surface area contributed by atoms with Crippen LogP contribution in [-0.4, -0.2) is 52.3 Å². The molecule has 1 atom stereocenters. The Bertz CT molecular complexity index is 832. The first-order chi connectivity index (χ1) is 14.0. The van der Waals surface area contributed by atoms with Crippen molar-refractivity contribution in [3.05, 3.63) is 53.6 Å². The molecule has 1 amide bonds. The largest absolute Gasteiger partial charge is 0.497 e. The SMILES string of the molecule is COc1ccc(OC)c(C[NH+]2CC[NH+]([C@@H](C)C(=O)Nc3ccccc3C)CC2)c1. The Balaban J connectivity index is 1.55. The van der Waals surface area contributed by atoms with E-state index in [4.69, 9.17) is 9.47 Å². The predicted molar refractivity (Wildman–Crippen MR) is 114 cm³/mol. The number of carbonyl (C=O) groups is 1. The highest BCUT2D eigenvalue weighted by atomic mass is 16.5. The summed E-state index contributed by atoms with van der Waals surface area (Å²) in [5.41, 5.74) is 3.15. The van der Waals surface area contributed by atoms with Crippen molar-refractivity contribution in [3.8, 4) is 11.5 Å². The average molecular weight is 400 g/mol. The van der Waals surface area contributed by atoms with Crippen molar-refractivity contribution in [1.29, 1.82) is 0 Å².